The number of carbonyl (C=O) groups is 1. The first-order chi connectivity index (χ1) is 10.2. The van der Waals surface area contributed by atoms with Gasteiger partial charge in [-0.2, -0.15) is 0 Å². The number of hydrogen-bond acceptors (Lipinski definition) is 2. The fraction of sp³-hybridized carbons (Fsp3) is 0.235. The van der Waals surface area contributed by atoms with Crippen molar-refractivity contribution in [3.05, 3.63) is 54.6 Å². The van der Waals surface area contributed by atoms with Crippen molar-refractivity contribution in [3.8, 4) is 11.5 Å². The van der Waals surface area contributed by atoms with Crippen LogP contribution in [0, 0.1) is 0 Å². The maximum Gasteiger partial charge on any atom is 0.321 e. The van der Waals surface area contributed by atoms with Gasteiger partial charge in [0, 0.05) is 24.8 Å². The lowest BCUT2D eigenvalue weighted by Gasteiger charge is -2.19. The van der Waals surface area contributed by atoms with Gasteiger partial charge >= 0.3 is 6.03 Å². The second kappa shape index (κ2) is 7.33. The van der Waals surface area contributed by atoms with Gasteiger partial charge in [0.05, 0.1) is 0 Å². The van der Waals surface area contributed by atoms with Crippen LogP contribution in [-0.2, 0) is 0 Å². The van der Waals surface area contributed by atoms with E-state index >= 15 is 0 Å². The molecule has 2 amide bonds. The van der Waals surface area contributed by atoms with Gasteiger partial charge in [-0.25, -0.2) is 4.79 Å². The van der Waals surface area contributed by atoms with E-state index in [1.165, 1.54) is 0 Å². The van der Waals surface area contributed by atoms with Gasteiger partial charge in [0.2, 0.25) is 0 Å². The van der Waals surface area contributed by atoms with Crippen molar-refractivity contribution in [3.63, 3.8) is 0 Å². The van der Waals surface area contributed by atoms with E-state index in [2.05, 4.69) is 5.32 Å². The normalized spacial score (nSPS) is 10.0. The molecule has 4 nitrogen and oxygen atoms in total. The average molecular weight is 284 g/mol. The quantitative estimate of drug-likeness (QED) is 0.886. The monoisotopic (exact) mass is 284 g/mol. The molecule has 2 aromatic carbocycles. The lowest BCUT2D eigenvalue weighted by Crippen LogP contribution is -2.34. The third-order valence-corrected chi connectivity index (χ3v) is 3.11. The molecule has 0 aromatic heterocycles. The Kier molecular flexibility index (Phi) is 5.21. The Hall–Kier alpha value is -2.49. The molecule has 0 saturated heterocycles. The third-order valence-electron chi connectivity index (χ3n) is 3.11. The van der Waals surface area contributed by atoms with Gasteiger partial charge < -0.3 is 15.0 Å². The van der Waals surface area contributed by atoms with E-state index in [9.17, 15) is 4.79 Å². The number of ether oxygens (including phenoxy) is 1. The molecule has 110 valence electrons. The lowest BCUT2D eigenvalue weighted by molar-refractivity contribution is 0.217. The Bertz CT molecular complexity index is 580. The molecule has 0 bridgehead atoms. The Morgan fingerprint density at radius 3 is 2.33 bits per heavy atom. The summed E-state index contributed by atoms with van der Waals surface area (Å²) >= 11 is 0. The van der Waals surface area contributed by atoms with E-state index in [4.69, 9.17) is 4.74 Å². The number of hydrogen-bond donors (Lipinski definition) is 1. The van der Waals surface area contributed by atoms with E-state index in [-0.39, 0.29) is 6.03 Å². The largest absolute Gasteiger partial charge is 0.457 e. The number of anilines is 1. The van der Waals surface area contributed by atoms with Crippen molar-refractivity contribution in [2.75, 3.05) is 18.4 Å². The zero-order valence-corrected chi connectivity index (χ0v) is 12.4. The number of benzene rings is 2. The maximum atomic E-state index is 12.0. The molecule has 2 rings (SSSR count). The highest BCUT2D eigenvalue weighted by atomic mass is 16.5. The fourth-order valence-electron chi connectivity index (χ4n) is 1.98. The van der Waals surface area contributed by atoms with Crippen LogP contribution in [0.4, 0.5) is 10.5 Å². The highest BCUT2D eigenvalue weighted by molar-refractivity contribution is 5.89. The van der Waals surface area contributed by atoms with Gasteiger partial charge in [-0.15, -0.1) is 0 Å². The smallest absolute Gasteiger partial charge is 0.321 e. The molecule has 0 atom stereocenters. The summed E-state index contributed by atoms with van der Waals surface area (Å²) in [5.41, 5.74) is 0.723. The topological polar surface area (TPSA) is 41.6 Å². The van der Waals surface area contributed by atoms with Gasteiger partial charge in [-0.05, 0) is 38.1 Å². The second-order valence-corrected chi connectivity index (χ2v) is 4.55. The predicted molar refractivity (Wildman–Crippen MR) is 84.9 cm³/mol. The first-order valence-corrected chi connectivity index (χ1v) is 7.11. The molecule has 1 N–H and O–H groups in total. The van der Waals surface area contributed by atoms with E-state index in [0.717, 1.165) is 11.4 Å². The van der Waals surface area contributed by atoms with Crippen LogP contribution < -0.4 is 10.1 Å². The number of rotatable bonds is 5. The highest BCUT2D eigenvalue weighted by Gasteiger charge is 2.09. The molecule has 0 fully saturated rings. The van der Waals surface area contributed by atoms with Crippen LogP contribution in [0.3, 0.4) is 0 Å². The summed E-state index contributed by atoms with van der Waals surface area (Å²) in [4.78, 5) is 13.7. The maximum absolute atomic E-state index is 12.0. The summed E-state index contributed by atoms with van der Waals surface area (Å²) in [6, 6.07) is 16.8. The van der Waals surface area contributed by atoms with Crippen molar-refractivity contribution >= 4 is 11.7 Å². The molecule has 4 heteroatoms. The molecule has 0 aliphatic carbocycles. The average Bonchev–Trinajstić information content (AvgIpc) is 2.50. The Balaban J connectivity index is 2.06. The van der Waals surface area contributed by atoms with Crippen LogP contribution >= 0.6 is 0 Å². The van der Waals surface area contributed by atoms with Crippen LogP contribution in [0.15, 0.2) is 54.6 Å². The summed E-state index contributed by atoms with van der Waals surface area (Å²) in [7, 11) is 0. The van der Waals surface area contributed by atoms with E-state index in [1.807, 2.05) is 68.4 Å². The van der Waals surface area contributed by atoms with Gasteiger partial charge in [0.25, 0.3) is 0 Å². The van der Waals surface area contributed by atoms with Crippen LogP contribution in [0.5, 0.6) is 11.5 Å². The standard InChI is InChI=1S/C17H20N2O2/c1-3-19(4-2)17(20)18-14-9-8-12-16(13-14)21-15-10-6-5-7-11-15/h5-13H,3-4H2,1-2H3,(H,18,20). The molecular formula is C17H20N2O2. The second-order valence-electron chi connectivity index (χ2n) is 4.55. The Morgan fingerprint density at radius 1 is 1.00 bits per heavy atom. The number of nitrogens with zero attached hydrogens (tertiary/aromatic N) is 1. The van der Waals surface area contributed by atoms with Crippen LogP contribution in [0.25, 0.3) is 0 Å². The molecule has 0 radical (unpaired) electrons. The highest BCUT2D eigenvalue weighted by Crippen LogP contribution is 2.23. The van der Waals surface area contributed by atoms with Gasteiger partial charge in [0.15, 0.2) is 0 Å². The van der Waals surface area contributed by atoms with Crippen molar-refractivity contribution in [1.82, 2.24) is 4.90 Å². The van der Waals surface area contributed by atoms with Crippen molar-refractivity contribution in [1.29, 1.82) is 0 Å². The Labute approximate surface area is 125 Å². The molecule has 2 aromatic rings. The van der Waals surface area contributed by atoms with E-state index < -0.39 is 0 Å². The van der Waals surface area contributed by atoms with Crippen LogP contribution in [0.1, 0.15) is 13.8 Å². The van der Waals surface area contributed by atoms with Gasteiger partial charge in [-0.1, -0.05) is 24.3 Å². The molecule has 0 heterocycles. The minimum atomic E-state index is -0.100. The molecule has 0 unspecified atom stereocenters. The Morgan fingerprint density at radius 2 is 1.67 bits per heavy atom. The summed E-state index contributed by atoms with van der Waals surface area (Å²) in [6.45, 7) is 5.28. The summed E-state index contributed by atoms with van der Waals surface area (Å²) in [5.74, 6) is 1.46. The van der Waals surface area contributed by atoms with Crippen molar-refractivity contribution in [2.45, 2.75) is 13.8 Å². The zero-order chi connectivity index (χ0) is 15.1. The van der Waals surface area contributed by atoms with Crippen molar-refractivity contribution in [2.24, 2.45) is 0 Å². The van der Waals surface area contributed by atoms with Crippen molar-refractivity contribution < 1.29 is 9.53 Å². The molecule has 0 spiro atoms. The number of nitrogens with one attached hydrogen (secondary N) is 1. The molecular weight excluding hydrogens is 264 g/mol. The lowest BCUT2D eigenvalue weighted by atomic mass is 10.3. The van der Waals surface area contributed by atoms with Gasteiger partial charge in [0.1, 0.15) is 11.5 Å². The van der Waals surface area contributed by atoms with Crippen LogP contribution in [-0.4, -0.2) is 24.0 Å². The number of para-hydroxylation sites is 1. The minimum Gasteiger partial charge on any atom is -0.457 e. The SMILES string of the molecule is CCN(CC)C(=O)Nc1cccc(Oc2ccccc2)c1. The number of amides is 2. The predicted octanol–water partition coefficient (Wildman–Crippen LogP) is 4.35. The summed E-state index contributed by atoms with van der Waals surface area (Å²) in [5, 5.41) is 2.88. The summed E-state index contributed by atoms with van der Waals surface area (Å²) < 4.78 is 5.75. The molecule has 21 heavy (non-hydrogen) atoms. The zero-order valence-electron chi connectivity index (χ0n) is 12.4. The van der Waals surface area contributed by atoms with E-state index in [1.54, 1.807) is 4.90 Å². The van der Waals surface area contributed by atoms with Crippen LogP contribution in [0.2, 0.25) is 0 Å². The molecule has 0 aliphatic heterocycles. The first kappa shape index (κ1) is 14.9. The first-order valence-electron chi connectivity index (χ1n) is 7.11. The number of urea groups is 1. The van der Waals surface area contributed by atoms with E-state index in [0.29, 0.717) is 18.8 Å². The fourth-order valence-corrected chi connectivity index (χ4v) is 1.98. The molecule has 0 aliphatic rings. The van der Waals surface area contributed by atoms with Gasteiger partial charge in [-0.3, -0.25) is 0 Å². The molecule has 0 saturated carbocycles. The number of carbonyl (C=O) groups excluding carboxylic acids is 1. The summed E-state index contributed by atoms with van der Waals surface area (Å²) in [6.07, 6.45) is 0. The minimum absolute atomic E-state index is 0.100. The third kappa shape index (κ3) is 4.24.